The Morgan fingerprint density at radius 3 is 2.86 bits per heavy atom. The predicted molar refractivity (Wildman–Crippen MR) is 112 cm³/mol. The smallest absolute Gasteiger partial charge is 0.251 e. The van der Waals surface area contributed by atoms with Crippen molar-refractivity contribution < 1.29 is 9.53 Å². The number of hydrogen-bond donors (Lipinski definition) is 1. The molecule has 0 radical (unpaired) electrons. The molecule has 0 spiro atoms. The Kier molecular flexibility index (Phi) is 5.04. The Bertz CT molecular complexity index is 1150. The molecule has 0 saturated heterocycles. The number of nitrogens with one attached hydrogen (secondary N) is 1. The molecule has 0 aliphatic rings. The Morgan fingerprint density at radius 1 is 1.14 bits per heavy atom. The quantitative estimate of drug-likeness (QED) is 0.542. The first kappa shape index (κ1) is 18.1. The number of aromatic nitrogens is 2. The molecule has 2 heterocycles. The van der Waals surface area contributed by atoms with E-state index in [1.165, 1.54) is 0 Å². The van der Waals surface area contributed by atoms with E-state index in [-0.39, 0.29) is 5.91 Å². The van der Waals surface area contributed by atoms with E-state index in [4.69, 9.17) is 4.74 Å². The zero-order valence-electron chi connectivity index (χ0n) is 15.6. The lowest BCUT2D eigenvalue weighted by atomic mass is 10.2. The normalized spacial score (nSPS) is 10.8. The highest BCUT2D eigenvalue weighted by molar-refractivity contribution is 7.21. The van der Waals surface area contributed by atoms with Crippen LogP contribution in [0.2, 0.25) is 0 Å². The average molecular weight is 389 g/mol. The molecule has 0 fully saturated rings. The number of aryl methyl sites for hydroxylation is 1. The second kappa shape index (κ2) is 7.78. The third-order valence-electron chi connectivity index (χ3n) is 4.36. The minimum atomic E-state index is -0.114. The van der Waals surface area contributed by atoms with Crippen LogP contribution in [0, 0.1) is 6.92 Å². The van der Waals surface area contributed by atoms with E-state index in [0.717, 1.165) is 37.7 Å². The van der Waals surface area contributed by atoms with Crippen LogP contribution in [0.15, 0.2) is 60.9 Å². The van der Waals surface area contributed by atoms with Crippen molar-refractivity contribution >= 4 is 27.5 Å². The molecule has 6 heteroatoms. The minimum Gasteiger partial charge on any atom is -0.497 e. The maximum atomic E-state index is 12.6. The summed E-state index contributed by atoms with van der Waals surface area (Å²) in [4.78, 5) is 21.5. The van der Waals surface area contributed by atoms with E-state index in [9.17, 15) is 4.79 Å². The largest absolute Gasteiger partial charge is 0.497 e. The number of pyridine rings is 1. The van der Waals surface area contributed by atoms with Gasteiger partial charge in [0.1, 0.15) is 10.8 Å². The molecule has 140 valence electrons. The summed E-state index contributed by atoms with van der Waals surface area (Å²) >= 11 is 1.56. The van der Waals surface area contributed by atoms with Gasteiger partial charge in [0.15, 0.2) is 0 Å². The number of carbonyl (C=O) groups is 1. The first-order valence-corrected chi connectivity index (χ1v) is 9.68. The molecule has 0 aliphatic heterocycles. The van der Waals surface area contributed by atoms with Crippen LogP contribution < -0.4 is 10.1 Å². The van der Waals surface area contributed by atoms with Gasteiger partial charge in [0.25, 0.3) is 5.91 Å². The van der Waals surface area contributed by atoms with Crippen molar-refractivity contribution in [1.29, 1.82) is 0 Å². The van der Waals surface area contributed by atoms with Crippen LogP contribution in [-0.2, 0) is 6.54 Å². The molecule has 1 N–H and O–H groups in total. The van der Waals surface area contributed by atoms with Crippen molar-refractivity contribution in [1.82, 2.24) is 15.3 Å². The zero-order valence-corrected chi connectivity index (χ0v) is 16.4. The van der Waals surface area contributed by atoms with E-state index < -0.39 is 0 Å². The van der Waals surface area contributed by atoms with Crippen LogP contribution in [-0.4, -0.2) is 23.0 Å². The Balaban J connectivity index is 1.53. The first-order chi connectivity index (χ1) is 13.6. The van der Waals surface area contributed by atoms with Gasteiger partial charge in [0.05, 0.1) is 17.3 Å². The molecular formula is C22H19N3O2S. The highest BCUT2D eigenvalue weighted by Gasteiger charge is 2.11. The van der Waals surface area contributed by atoms with Gasteiger partial charge in [-0.25, -0.2) is 4.98 Å². The molecule has 5 nitrogen and oxygen atoms in total. The number of carbonyl (C=O) groups excluding carboxylic acids is 1. The summed E-state index contributed by atoms with van der Waals surface area (Å²) < 4.78 is 6.20. The lowest BCUT2D eigenvalue weighted by Crippen LogP contribution is -2.22. The van der Waals surface area contributed by atoms with Gasteiger partial charge < -0.3 is 10.1 Å². The lowest BCUT2D eigenvalue weighted by Gasteiger charge is -2.07. The molecule has 0 unspecified atom stereocenters. The van der Waals surface area contributed by atoms with Crippen LogP contribution in [0.1, 0.15) is 21.5 Å². The summed E-state index contributed by atoms with van der Waals surface area (Å²) in [6, 6.07) is 15.3. The number of hydrogen-bond acceptors (Lipinski definition) is 5. The molecule has 0 saturated carbocycles. The molecule has 4 aromatic rings. The zero-order chi connectivity index (χ0) is 19.5. The number of nitrogens with zero attached hydrogens (tertiary/aromatic N) is 2. The average Bonchev–Trinajstić information content (AvgIpc) is 3.15. The van der Waals surface area contributed by atoms with E-state index in [0.29, 0.717) is 12.1 Å². The van der Waals surface area contributed by atoms with Gasteiger partial charge in [-0.1, -0.05) is 12.1 Å². The predicted octanol–water partition coefficient (Wildman–Crippen LogP) is 4.61. The van der Waals surface area contributed by atoms with Gasteiger partial charge in [0.2, 0.25) is 0 Å². The SMILES string of the molecule is COc1cccc(CNC(=O)c2ccc3nc(-c4cncc(C)c4)sc3c2)c1. The maximum Gasteiger partial charge on any atom is 0.251 e. The van der Waals surface area contributed by atoms with Crippen LogP contribution in [0.3, 0.4) is 0 Å². The summed E-state index contributed by atoms with van der Waals surface area (Å²) in [7, 11) is 1.63. The Labute approximate surface area is 167 Å². The number of thiazole rings is 1. The van der Waals surface area contributed by atoms with Crippen LogP contribution >= 0.6 is 11.3 Å². The molecule has 28 heavy (non-hydrogen) atoms. The second-order valence-corrected chi connectivity index (χ2v) is 7.52. The summed E-state index contributed by atoms with van der Waals surface area (Å²) in [5, 5.41) is 3.86. The number of ether oxygens (including phenoxy) is 1. The molecule has 0 aliphatic carbocycles. The van der Waals surface area contributed by atoms with Crippen molar-refractivity contribution in [2.45, 2.75) is 13.5 Å². The van der Waals surface area contributed by atoms with Gasteiger partial charge in [-0.05, 0) is 54.4 Å². The molecule has 4 rings (SSSR count). The standard InChI is InChI=1S/C22H19N3O2S/c1-14-8-17(13-23-11-14)22-25-19-7-6-16(10-20(19)28-22)21(26)24-12-15-4-3-5-18(9-15)27-2/h3-11,13H,12H2,1-2H3,(H,24,26). The van der Waals surface area contributed by atoms with Crippen LogP contribution in [0.5, 0.6) is 5.75 Å². The van der Waals surface area contributed by atoms with E-state index in [1.54, 1.807) is 24.5 Å². The third-order valence-corrected chi connectivity index (χ3v) is 5.43. The molecule has 2 aromatic carbocycles. The van der Waals surface area contributed by atoms with Gasteiger partial charge in [-0.15, -0.1) is 11.3 Å². The number of methoxy groups -OCH3 is 1. The van der Waals surface area contributed by atoms with Crippen molar-refractivity contribution in [2.24, 2.45) is 0 Å². The minimum absolute atomic E-state index is 0.114. The van der Waals surface area contributed by atoms with Crippen molar-refractivity contribution in [2.75, 3.05) is 7.11 Å². The van der Waals surface area contributed by atoms with Crippen molar-refractivity contribution in [3.8, 4) is 16.3 Å². The fourth-order valence-corrected chi connectivity index (χ4v) is 3.91. The summed E-state index contributed by atoms with van der Waals surface area (Å²) in [5.41, 5.74) is 4.57. The van der Waals surface area contributed by atoms with Gasteiger partial charge >= 0.3 is 0 Å². The Morgan fingerprint density at radius 2 is 2.04 bits per heavy atom. The maximum absolute atomic E-state index is 12.6. The van der Waals surface area contributed by atoms with Crippen LogP contribution in [0.25, 0.3) is 20.8 Å². The first-order valence-electron chi connectivity index (χ1n) is 8.86. The van der Waals surface area contributed by atoms with Crippen molar-refractivity contribution in [3.63, 3.8) is 0 Å². The monoisotopic (exact) mass is 389 g/mol. The number of benzene rings is 2. The molecule has 0 bridgehead atoms. The van der Waals surface area contributed by atoms with Gasteiger partial charge in [-0.3, -0.25) is 9.78 Å². The summed E-state index contributed by atoms with van der Waals surface area (Å²) in [5.74, 6) is 0.660. The second-order valence-electron chi connectivity index (χ2n) is 6.49. The number of fused-ring (bicyclic) bond motifs is 1. The third kappa shape index (κ3) is 3.87. The van der Waals surface area contributed by atoms with E-state index >= 15 is 0 Å². The van der Waals surface area contributed by atoms with Crippen LogP contribution in [0.4, 0.5) is 0 Å². The number of amides is 1. The lowest BCUT2D eigenvalue weighted by molar-refractivity contribution is 0.0951. The molecule has 1 amide bonds. The van der Waals surface area contributed by atoms with Gasteiger partial charge in [0, 0.05) is 30.1 Å². The summed E-state index contributed by atoms with van der Waals surface area (Å²) in [6.45, 7) is 2.45. The number of rotatable bonds is 5. The molecule has 2 aromatic heterocycles. The molecular weight excluding hydrogens is 370 g/mol. The highest BCUT2D eigenvalue weighted by atomic mass is 32.1. The molecule has 0 atom stereocenters. The van der Waals surface area contributed by atoms with Crippen molar-refractivity contribution in [3.05, 3.63) is 77.6 Å². The Hall–Kier alpha value is -3.25. The topological polar surface area (TPSA) is 64.1 Å². The van der Waals surface area contributed by atoms with Gasteiger partial charge in [-0.2, -0.15) is 0 Å². The summed E-state index contributed by atoms with van der Waals surface area (Å²) in [6.07, 6.45) is 3.63. The van der Waals surface area contributed by atoms with E-state index in [2.05, 4.69) is 21.4 Å². The van der Waals surface area contributed by atoms with E-state index in [1.807, 2.05) is 55.7 Å². The fourth-order valence-electron chi connectivity index (χ4n) is 2.93. The fraction of sp³-hybridized carbons (Fsp3) is 0.136. The highest BCUT2D eigenvalue weighted by Crippen LogP contribution is 2.30.